The molecule has 0 saturated carbocycles. The van der Waals surface area contributed by atoms with Gasteiger partial charge in [-0.1, -0.05) is 43.6 Å². The minimum atomic E-state index is -0.255. The maximum absolute atomic E-state index is 14.2. The normalized spacial score (nSPS) is 12.0. The van der Waals surface area contributed by atoms with Gasteiger partial charge in [0.15, 0.2) is 0 Å². The number of nitrogens with zero attached hydrogens (tertiary/aromatic N) is 4. The molecule has 0 aliphatic carbocycles. The molecular formula is C19H18ClFN4. The standard InChI is InChI=1S/C19H18ClFN4/c1-13(2)17-8-7-16(9-18(17)21)24-19-23-11-22-12-25(19)10-14-3-5-15(20)6-4-14/h3-9,11-13H,10H2,1-2H3. The van der Waals surface area contributed by atoms with Gasteiger partial charge in [0.1, 0.15) is 12.1 Å². The van der Waals surface area contributed by atoms with Gasteiger partial charge in [0.25, 0.3) is 0 Å². The maximum Gasteiger partial charge on any atom is 0.232 e. The Morgan fingerprint density at radius 2 is 1.92 bits per heavy atom. The van der Waals surface area contributed by atoms with Crippen molar-refractivity contribution < 1.29 is 4.39 Å². The van der Waals surface area contributed by atoms with E-state index < -0.39 is 0 Å². The molecule has 0 aliphatic rings. The summed E-state index contributed by atoms with van der Waals surface area (Å²) in [7, 11) is 0. The maximum atomic E-state index is 14.2. The van der Waals surface area contributed by atoms with E-state index >= 15 is 0 Å². The Hall–Kier alpha value is -2.53. The molecule has 0 spiro atoms. The highest BCUT2D eigenvalue weighted by Crippen LogP contribution is 2.22. The molecule has 3 rings (SSSR count). The molecule has 1 heterocycles. The second-order valence-electron chi connectivity index (χ2n) is 6.04. The van der Waals surface area contributed by atoms with Crippen LogP contribution in [0.1, 0.15) is 30.9 Å². The first-order chi connectivity index (χ1) is 12.0. The zero-order chi connectivity index (χ0) is 17.8. The average molecular weight is 357 g/mol. The summed E-state index contributed by atoms with van der Waals surface area (Å²) in [6, 6.07) is 12.5. The number of aromatic nitrogens is 3. The van der Waals surface area contributed by atoms with Crippen molar-refractivity contribution in [2.45, 2.75) is 26.3 Å². The summed E-state index contributed by atoms with van der Waals surface area (Å²) < 4.78 is 16.0. The van der Waals surface area contributed by atoms with Crippen molar-refractivity contribution in [2.75, 3.05) is 0 Å². The Morgan fingerprint density at radius 1 is 1.16 bits per heavy atom. The lowest BCUT2D eigenvalue weighted by molar-refractivity contribution is 0.598. The summed E-state index contributed by atoms with van der Waals surface area (Å²) in [5.74, 6) is -0.127. The van der Waals surface area contributed by atoms with E-state index in [4.69, 9.17) is 11.6 Å². The summed E-state index contributed by atoms with van der Waals surface area (Å²) in [5.41, 5.74) is 2.70. The molecule has 0 bridgehead atoms. The van der Waals surface area contributed by atoms with Crippen LogP contribution >= 0.6 is 11.6 Å². The summed E-state index contributed by atoms with van der Waals surface area (Å²) >= 11 is 5.92. The fourth-order valence-corrected chi connectivity index (χ4v) is 2.61. The van der Waals surface area contributed by atoms with Gasteiger partial charge >= 0.3 is 0 Å². The zero-order valence-electron chi connectivity index (χ0n) is 14.0. The van der Waals surface area contributed by atoms with E-state index in [1.54, 1.807) is 23.0 Å². The van der Waals surface area contributed by atoms with E-state index in [1.807, 2.05) is 38.1 Å². The Kier molecular flexibility index (Phi) is 5.24. The zero-order valence-corrected chi connectivity index (χ0v) is 14.8. The largest absolute Gasteiger partial charge is 0.296 e. The number of benzene rings is 2. The van der Waals surface area contributed by atoms with Crippen molar-refractivity contribution in [3.63, 3.8) is 0 Å². The first-order valence-electron chi connectivity index (χ1n) is 7.98. The average Bonchev–Trinajstić information content (AvgIpc) is 2.58. The third kappa shape index (κ3) is 4.31. The van der Waals surface area contributed by atoms with Crippen molar-refractivity contribution >= 4 is 17.3 Å². The molecule has 128 valence electrons. The lowest BCUT2D eigenvalue weighted by Crippen LogP contribution is -2.24. The van der Waals surface area contributed by atoms with Crippen LogP contribution in [-0.2, 0) is 6.54 Å². The Balaban J connectivity index is 1.96. The third-order valence-corrected chi connectivity index (χ3v) is 4.06. The van der Waals surface area contributed by atoms with E-state index in [-0.39, 0.29) is 11.7 Å². The molecule has 0 amide bonds. The molecule has 0 atom stereocenters. The van der Waals surface area contributed by atoms with Gasteiger partial charge in [-0.15, -0.1) is 0 Å². The topological polar surface area (TPSA) is 43.1 Å². The number of hydrogen-bond acceptors (Lipinski definition) is 3. The molecule has 0 saturated heterocycles. The van der Waals surface area contributed by atoms with Crippen LogP contribution in [0.3, 0.4) is 0 Å². The molecule has 0 aliphatic heterocycles. The Bertz CT molecular complexity index is 933. The van der Waals surface area contributed by atoms with Gasteiger partial charge in [0.2, 0.25) is 5.62 Å². The molecule has 0 unspecified atom stereocenters. The van der Waals surface area contributed by atoms with Crippen LogP contribution in [0.15, 0.2) is 60.1 Å². The van der Waals surface area contributed by atoms with Crippen molar-refractivity contribution in [2.24, 2.45) is 4.99 Å². The molecule has 3 aromatic rings. The lowest BCUT2D eigenvalue weighted by atomic mass is 10.0. The van der Waals surface area contributed by atoms with E-state index in [2.05, 4.69) is 15.0 Å². The van der Waals surface area contributed by atoms with Crippen molar-refractivity contribution in [3.8, 4) is 0 Å². The molecule has 4 nitrogen and oxygen atoms in total. The number of hydrogen-bond donors (Lipinski definition) is 0. The Morgan fingerprint density at radius 3 is 2.60 bits per heavy atom. The van der Waals surface area contributed by atoms with Crippen LogP contribution in [-0.4, -0.2) is 14.5 Å². The molecule has 0 fully saturated rings. The fraction of sp³-hybridized carbons (Fsp3) is 0.211. The second-order valence-corrected chi connectivity index (χ2v) is 6.47. The van der Waals surface area contributed by atoms with Gasteiger partial charge in [-0.25, -0.2) is 19.4 Å². The smallest absolute Gasteiger partial charge is 0.232 e. The minimum absolute atomic E-state index is 0.128. The van der Waals surface area contributed by atoms with Crippen molar-refractivity contribution in [1.82, 2.24) is 14.5 Å². The van der Waals surface area contributed by atoms with Gasteiger partial charge < -0.3 is 0 Å². The van der Waals surface area contributed by atoms with Gasteiger partial charge in [-0.3, -0.25) is 4.57 Å². The van der Waals surface area contributed by atoms with Gasteiger partial charge in [-0.2, -0.15) is 0 Å². The summed E-state index contributed by atoms with van der Waals surface area (Å²) in [4.78, 5) is 12.7. The lowest BCUT2D eigenvalue weighted by Gasteiger charge is -2.08. The van der Waals surface area contributed by atoms with Crippen LogP contribution in [0.2, 0.25) is 5.02 Å². The first-order valence-corrected chi connectivity index (χ1v) is 8.36. The van der Waals surface area contributed by atoms with E-state index in [0.29, 0.717) is 28.4 Å². The highest BCUT2D eigenvalue weighted by molar-refractivity contribution is 6.30. The van der Waals surface area contributed by atoms with E-state index in [1.165, 1.54) is 12.4 Å². The molecular weight excluding hydrogens is 339 g/mol. The van der Waals surface area contributed by atoms with Crippen LogP contribution in [0.5, 0.6) is 0 Å². The van der Waals surface area contributed by atoms with Crippen molar-refractivity contribution in [1.29, 1.82) is 0 Å². The van der Waals surface area contributed by atoms with Gasteiger partial charge in [0.05, 0.1) is 18.6 Å². The van der Waals surface area contributed by atoms with Gasteiger partial charge in [0, 0.05) is 5.02 Å². The molecule has 0 radical (unpaired) electrons. The van der Waals surface area contributed by atoms with Crippen LogP contribution in [0.4, 0.5) is 10.1 Å². The molecule has 25 heavy (non-hydrogen) atoms. The predicted octanol–water partition coefficient (Wildman–Crippen LogP) is 4.47. The molecule has 1 aromatic heterocycles. The number of rotatable bonds is 4. The summed E-state index contributed by atoms with van der Waals surface area (Å²) in [5, 5.41) is 0.684. The monoisotopic (exact) mass is 356 g/mol. The summed E-state index contributed by atoms with van der Waals surface area (Å²) in [6.45, 7) is 4.46. The molecule has 2 aromatic carbocycles. The SMILES string of the molecule is CC(C)c1ccc(N=c2ncncn2Cc2ccc(Cl)cc2)cc1F. The predicted molar refractivity (Wildman–Crippen MR) is 96.3 cm³/mol. The van der Waals surface area contributed by atoms with Crippen LogP contribution in [0.25, 0.3) is 0 Å². The quantitative estimate of drug-likeness (QED) is 0.692. The highest BCUT2D eigenvalue weighted by Gasteiger charge is 2.07. The highest BCUT2D eigenvalue weighted by atomic mass is 35.5. The number of halogens is 2. The van der Waals surface area contributed by atoms with Crippen LogP contribution < -0.4 is 5.62 Å². The van der Waals surface area contributed by atoms with E-state index in [0.717, 1.165) is 5.56 Å². The minimum Gasteiger partial charge on any atom is -0.296 e. The summed E-state index contributed by atoms with van der Waals surface area (Å²) in [6.07, 6.45) is 3.08. The fourth-order valence-electron chi connectivity index (χ4n) is 2.48. The van der Waals surface area contributed by atoms with Gasteiger partial charge in [-0.05, 0) is 41.3 Å². The van der Waals surface area contributed by atoms with Crippen molar-refractivity contribution in [3.05, 3.63) is 82.7 Å². The molecule has 6 heteroatoms. The third-order valence-electron chi connectivity index (χ3n) is 3.80. The molecule has 0 N–H and O–H groups in total. The van der Waals surface area contributed by atoms with E-state index in [9.17, 15) is 4.39 Å². The van der Waals surface area contributed by atoms with Crippen LogP contribution in [0, 0.1) is 5.82 Å². The first kappa shape index (κ1) is 17.3. The Labute approximate surface area is 150 Å². The second kappa shape index (κ2) is 7.57.